The molecule has 4 heteroatoms. The van der Waals surface area contributed by atoms with Gasteiger partial charge in [-0.2, -0.15) is 0 Å². The molecule has 2 N–H and O–H groups in total. The minimum absolute atomic E-state index is 0.226. The van der Waals surface area contributed by atoms with Crippen LogP contribution in [0.25, 0.3) is 0 Å². The summed E-state index contributed by atoms with van der Waals surface area (Å²) in [7, 11) is 0. The summed E-state index contributed by atoms with van der Waals surface area (Å²) < 4.78 is 5.54. The Morgan fingerprint density at radius 1 is 1.00 bits per heavy atom. The summed E-state index contributed by atoms with van der Waals surface area (Å²) in [4.78, 5) is 11.7. The Hall–Kier alpha value is -3.45. The van der Waals surface area contributed by atoms with E-state index >= 15 is 0 Å². The molecule has 0 saturated carbocycles. The van der Waals surface area contributed by atoms with Gasteiger partial charge in [-0.05, 0) is 36.4 Å². The number of anilines is 1. The first-order valence-electron chi connectivity index (χ1n) is 8.41. The van der Waals surface area contributed by atoms with Gasteiger partial charge in [0.15, 0.2) is 5.76 Å². The smallest absolute Gasteiger partial charge is 0.227 e. The third-order valence-electron chi connectivity index (χ3n) is 3.86. The van der Waals surface area contributed by atoms with Crippen molar-refractivity contribution in [1.29, 1.82) is 0 Å². The van der Waals surface area contributed by atoms with Crippen LogP contribution in [-0.4, -0.2) is 5.11 Å². The Bertz CT molecular complexity index is 994. The van der Waals surface area contributed by atoms with Crippen molar-refractivity contribution in [1.82, 2.24) is 0 Å². The summed E-state index contributed by atoms with van der Waals surface area (Å²) in [6.45, 7) is 2.12. The van der Waals surface area contributed by atoms with Crippen molar-refractivity contribution in [3.05, 3.63) is 93.5 Å². The summed E-state index contributed by atoms with van der Waals surface area (Å²) in [5.74, 6) is 6.67. The van der Waals surface area contributed by atoms with Crippen LogP contribution in [0.1, 0.15) is 29.6 Å². The summed E-state index contributed by atoms with van der Waals surface area (Å²) in [5, 5.41) is 13.0. The molecule has 0 saturated heterocycles. The summed E-state index contributed by atoms with van der Waals surface area (Å²) in [6, 6.07) is 18.7. The third-order valence-corrected chi connectivity index (χ3v) is 3.86. The first-order chi connectivity index (χ1) is 12.7. The van der Waals surface area contributed by atoms with Gasteiger partial charge in [-0.3, -0.25) is 4.79 Å². The van der Waals surface area contributed by atoms with Crippen LogP contribution in [-0.2, 0) is 13.0 Å². The molecule has 0 fully saturated rings. The number of aryl methyl sites for hydroxylation is 1. The Kier molecular flexibility index (Phi) is 5.40. The number of hydrogen-bond donors (Lipinski definition) is 2. The van der Waals surface area contributed by atoms with Crippen molar-refractivity contribution in [2.75, 3.05) is 5.32 Å². The zero-order valence-electron chi connectivity index (χ0n) is 14.5. The molecule has 0 aliphatic heterocycles. The predicted molar refractivity (Wildman–Crippen MR) is 102 cm³/mol. The highest BCUT2D eigenvalue weighted by Crippen LogP contribution is 2.17. The van der Waals surface area contributed by atoms with Crippen LogP contribution in [0.5, 0.6) is 5.75 Å². The van der Waals surface area contributed by atoms with Crippen LogP contribution in [0.15, 0.2) is 69.9 Å². The normalized spacial score (nSPS) is 10.0. The minimum atomic E-state index is -0.420. The molecular formula is C22H19NO3. The molecule has 0 radical (unpaired) electrons. The lowest BCUT2D eigenvalue weighted by Gasteiger charge is -2.08. The molecule has 1 heterocycles. The Morgan fingerprint density at radius 2 is 1.65 bits per heavy atom. The highest BCUT2D eigenvalue weighted by molar-refractivity contribution is 5.50. The van der Waals surface area contributed by atoms with Crippen molar-refractivity contribution in [2.45, 2.75) is 19.9 Å². The quantitative estimate of drug-likeness (QED) is 0.704. The zero-order chi connectivity index (χ0) is 18.4. The molecule has 3 aromatic rings. The zero-order valence-corrected chi connectivity index (χ0v) is 14.5. The molecule has 0 amide bonds. The van der Waals surface area contributed by atoms with Crippen molar-refractivity contribution in [3.8, 4) is 17.6 Å². The van der Waals surface area contributed by atoms with Gasteiger partial charge in [-0.15, -0.1) is 0 Å². The molecular weight excluding hydrogens is 326 g/mol. The third kappa shape index (κ3) is 4.34. The number of benzene rings is 2. The Labute approximate surface area is 152 Å². The van der Waals surface area contributed by atoms with Gasteiger partial charge in [0.05, 0.1) is 6.54 Å². The van der Waals surface area contributed by atoms with E-state index in [-0.39, 0.29) is 18.1 Å². The Morgan fingerprint density at radius 3 is 2.31 bits per heavy atom. The maximum absolute atomic E-state index is 11.7. The predicted octanol–water partition coefficient (Wildman–Crippen LogP) is 3.92. The molecule has 0 spiro atoms. The number of hydrogen-bond acceptors (Lipinski definition) is 4. The van der Waals surface area contributed by atoms with Gasteiger partial charge in [0.2, 0.25) is 11.2 Å². The van der Waals surface area contributed by atoms with Crippen LogP contribution in [0.4, 0.5) is 5.69 Å². The van der Waals surface area contributed by atoms with Crippen LogP contribution >= 0.6 is 0 Å². The van der Waals surface area contributed by atoms with Gasteiger partial charge in [-0.1, -0.05) is 37.0 Å². The lowest BCUT2D eigenvalue weighted by molar-refractivity contribution is 0.386. The summed E-state index contributed by atoms with van der Waals surface area (Å²) >= 11 is 0. The highest BCUT2D eigenvalue weighted by Gasteiger charge is 2.10. The molecule has 0 aliphatic carbocycles. The topological polar surface area (TPSA) is 62.5 Å². The molecule has 3 rings (SSSR count). The van der Waals surface area contributed by atoms with E-state index in [9.17, 15) is 9.90 Å². The number of rotatable bonds is 4. The van der Waals surface area contributed by atoms with E-state index in [0.29, 0.717) is 12.2 Å². The second-order valence-corrected chi connectivity index (χ2v) is 5.75. The van der Waals surface area contributed by atoms with E-state index in [2.05, 4.69) is 17.2 Å². The van der Waals surface area contributed by atoms with Crippen molar-refractivity contribution >= 4 is 5.69 Å². The van der Waals surface area contributed by atoms with Gasteiger partial charge in [0.25, 0.3) is 0 Å². The van der Waals surface area contributed by atoms with Gasteiger partial charge < -0.3 is 14.8 Å². The van der Waals surface area contributed by atoms with Crippen LogP contribution in [0, 0.1) is 11.8 Å². The molecule has 0 unspecified atom stereocenters. The fraction of sp³-hybridized carbons (Fsp3) is 0.136. The first-order valence-corrected chi connectivity index (χ1v) is 8.41. The molecule has 26 heavy (non-hydrogen) atoms. The van der Waals surface area contributed by atoms with Crippen molar-refractivity contribution in [2.24, 2.45) is 0 Å². The minimum Gasteiger partial charge on any atom is -0.502 e. The van der Waals surface area contributed by atoms with Crippen LogP contribution in [0.3, 0.4) is 0 Å². The fourth-order valence-corrected chi connectivity index (χ4v) is 2.40. The molecule has 0 bridgehead atoms. The Balaban J connectivity index is 1.68. The molecule has 130 valence electrons. The average Bonchev–Trinajstić information content (AvgIpc) is 2.69. The van der Waals surface area contributed by atoms with Gasteiger partial charge in [0, 0.05) is 29.3 Å². The monoisotopic (exact) mass is 345 g/mol. The van der Waals surface area contributed by atoms with Gasteiger partial charge in [0.1, 0.15) is 5.76 Å². The fourth-order valence-electron chi connectivity index (χ4n) is 2.40. The van der Waals surface area contributed by atoms with Crippen LogP contribution < -0.4 is 10.7 Å². The second kappa shape index (κ2) is 8.09. The van der Waals surface area contributed by atoms with E-state index < -0.39 is 5.43 Å². The van der Waals surface area contributed by atoms with E-state index in [0.717, 1.165) is 16.8 Å². The maximum atomic E-state index is 11.7. The first kappa shape index (κ1) is 17.4. The molecule has 2 aromatic carbocycles. The summed E-state index contributed by atoms with van der Waals surface area (Å²) in [5.41, 5.74) is 2.30. The standard InChI is InChI=1S/C22H19NO3/c1-2-19-14-20(24)22(25)21(26-19)15-23-18-12-10-17(11-13-18)9-8-16-6-4-3-5-7-16/h3-7,10-14,23,25H,2,15H2,1H3. The van der Waals surface area contributed by atoms with E-state index in [4.69, 9.17) is 4.42 Å². The maximum Gasteiger partial charge on any atom is 0.227 e. The number of aromatic hydroxyl groups is 1. The van der Waals surface area contributed by atoms with Crippen molar-refractivity contribution in [3.63, 3.8) is 0 Å². The molecule has 0 atom stereocenters. The van der Waals surface area contributed by atoms with Gasteiger partial charge >= 0.3 is 0 Å². The van der Waals surface area contributed by atoms with E-state index in [1.54, 1.807) is 0 Å². The highest BCUT2D eigenvalue weighted by atomic mass is 16.4. The SMILES string of the molecule is CCc1cc(=O)c(O)c(CNc2ccc(C#Cc3ccccc3)cc2)o1. The molecule has 4 nitrogen and oxygen atoms in total. The lowest BCUT2D eigenvalue weighted by Crippen LogP contribution is -2.08. The average molecular weight is 345 g/mol. The lowest BCUT2D eigenvalue weighted by atomic mass is 10.1. The molecule has 0 aliphatic rings. The second-order valence-electron chi connectivity index (χ2n) is 5.75. The summed E-state index contributed by atoms with van der Waals surface area (Å²) in [6.07, 6.45) is 0.595. The van der Waals surface area contributed by atoms with E-state index in [1.165, 1.54) is 6.07 Å². The van der Waals surface area contributed by atoms with Crippen molar-refractivity contribution < 1.29 is 9.52 Å². The van der Waals surface area contributed by atoms with Crippen LogP contribution in [0.2, 0.25) is 0 Å². The molecule has 1 aromatic heterocycles. The van der Waals surface area contributed by atoms with E-state index in [1.807, 2.05) is 61.5 Å². The number of nitrogens with one attached hydrogen (secondary N) is 1. The van der Waals surface area contributed by atoms with Gasteiger partial charge in [-0.25, -0.2) is 0 Å². The largest absolute Gasteiger partial charge is 0.502 e.